The molecular formula is C22H24N4O4S2. The summed E-state index contributed by atoms with van der Waals surface area (Å²) in [5.74, 6) is -0.527. The van der Waals surface area contributed by atoms with Gasteiger partial charge in [0, 0.05) is 30.0 Å². The highest BCUT2D eigenvalue weighted by Gasteiger charge is 2.20. The lowest BCUT2D eigenvalue weighted by Crippen LogP contribution is -2.21. The van der Waals surface area contributed by atoms with Gasteiger partial charge in [0.2, 0.25) is 15.9 Å². The van der Waals surface area contributed by atoms with Crippen LogP contribution in [-0.2, 0) is 21.4 Å². The molecule has 0 fully saturated rings. The predicted molar refractivity (Wildman–Crippen MR) is 125 cm³/mol. The number of hydrogen-bond donors (Lipinski definition) is 3. The van der Waals surface area contributed by atoms with Crippen molar-refractivity contribution in [2.45, 2.75) is 32.2 Å². The molecule has 0 unspecified atom stereocenters. The lowest BCUT2D eigenvalue weighted by atomic mass is 10.1. The minimum absolute atomic E-state index is 0.0735. The molecule has 168 valence electrons. The van der Waals surface area contributed by atoms with Crippen LogP contribution in [-0.4, -0.2) is 32.3 Å². The van der Waals surface area contributed by atoms with E-state index >= 15 is 0 Å². The smallest absolute Gasteiger partial charge is 0.257 e. The van der Waals surface area contributed by atoms with Gasteiger partial charge in [0.15, 0.2) is 5.13 Å². The van der Waals surface area contributed by atoms with Crippen LogP contribution in [0.2, 0.25) is 0 Å². The molecule has 0 saturated carbocycles. The fourth-order valence-corrected chi connectivity index (χ4v) is 4.78. The van der Waals surface area contributed by atoms with Crippen molar-refractivity contribution in [3.05, 3.63) is 64.0 Å². The maximum atomic E-state index is 12.8. The number of anilines is 1. The molecule has 3 N–H and O–H groups in total. The van der Waals surface area contributed by atoms with E-state index in [-0.39, 0.29) is 16.4 Å². The topological polar surface area (TPSA) is 117 Å². The quantitative estimate of drug-likeness (QED) is 0.488. The summed E-state index contributed by atoms with van der Waals surface area (Å²) in [5.41, 5.74) is 4.08. The summed E-state index contributed by atoms with van der Waals surface area (Å²) in [6.07, 6.45) is 0. The summed E-state index contributed by atoms with van der Waals surface area (Å²) in [4.78, 5) is 28.3. The highest BCUT2D eigenvalue weighted by molar-refractivity contribution is 7.89. The Morgan fingerprint density at radius 3 is 2.41 bits per heavy atom. The molecule has 32 heavy (non-hydrogen) atoms. The number of hydrogen-bond acceptors (Lipinski definition) is 6. The molecule has 0 aliphatic rings. The van der Waals surface area contributed by atoms with Gasteiger partial charge in [-0.25, -0.2) is 18.1 Å². The van der Waals surface area contributed by atoms with Crippen LogP contribution in [0.1, 0.15) is 34.0 Å². The third kappa shape index (κ3) is 5.39. The van der Waals surface area contributed by atoms with E-state index in [0.717, 1.165) is 11.1 Å². The minimum Gasteiger partial charge on any atom is -0.352 e. The lowest BCUT2D eigenvalue weighted by Gasteiger charge is -2.12. The Bertz CT molecular complexity index is 1270. The van der Waals surface area contributed by atoms with Crippen LogP contribution in [0.3, 0.4) is 0 Å². The Hall–Kier alpha value is -3.08. The molecule has 10 heteroatoms. The molecule has 3 rings (SSSR count). The molecule has 0 radical (unpaired) electrons. The van der Waals surface area contributed by atoms with Gasteiger partial charge in [-0.05, 0) is 49.7 Å². The number of thiazole rings is 1. The van der Waals surface area contributed by atoms with Gasteiger partial charge in [-0.3, -0.25) is 14.9 Å². The number of amides is 2. The average molecular weight is 473 g/mol. The molecule has 1 aromatic heterocycles. The minimum atomic E-state index is -3.69. The molecule has 1 heterocycles. The summed E-state index contributed by atoms with van der Waals surface area (Å²) >= 11 is 1.28. The van der Waals surface area contributed by atoms with Crippen molar-refractivity contribution in [2.24, 2.45) is 0 Å². The SMILES string of the molecule is CNS(=O)(=O)c1cc(C(=O)Nc2nc(-c3ccc(CNC(C)=O)cc3)cs2)cc(C)c1C. The van der Waals surface area contributed by atoms with Crippen LogP contribution < -0.4 is 15.4 Å². The van der Waals surface area contributed by atoms with Gasteiger partial charge >= 0.3 is 0 Å². The van der Waals surface area contributed by atoms with E-state index in [4.69, 9.17) is 0 Å². The lowest BCUT2D eigenvalue weighted by molar-refractivity contribution is -0.119. The van der Waals surface area contributed by atoms with Crippen LogP contribution in [0.15, 0.2) is 46.7 Å². The zero-order valence-corrected chi connectivity index (χ0v) is 19.8. The molecule has 0 spiro atoms. The second kappa shape index (κ2) is 9.60. The number of rotatable bonds is 7. The highest BCUT2D eigenvalue weighted by Crippen LogP contribution is 2.26. The zero-order chi connectivity index (χ0) is 23.5. The number of sulfonamides is 1. The van der Waals surface area contributed by atoms with Crippen molar-refractivity contribution in [3.8, 4) is 11.3 Å². The first kappa shape index (κ1) is 23.6. The van der Waals surface area contributed by atoms with Crippen LogP contribution in [0, 0.1) is 13.8 Å². The first-order chi connectivity index (χ1) is 15.1. The Morgan fingerprint density at radius 2 is 1.78 bits per heavy atom. The Labute approximate surface area is 191 Å². The summed E-state index contributed by atoms with van der Waals surface area (Å²) in [6, 6.07) is 10.6. The van der Waals surface area contributed by atoms with Gasteiger partial charge in [0.1, 0.15) is 0 Å². The number of benzene rings is 2. The molecule has 0 atom stereocenters. The fraction of sp³-hybridized carbons (Fsp3) is 0.227. The summed E-state index contributed by atoms with van der Waals surface area (Å²) in [6.45, 7) is 5.39. The predicted octanol–water partition coefficient (Wildman–Crippen LogP) is 3.22. The fourth-order valence-electron chi connectivity index (χ4n) is 3.00. The molecule has 0 aliphatic heterocycles. The van der Waals surface area contributed by atoms with E-state index in [1.54, 1.807) is 19.9 Å². The first-order valence-electron chi connectivity index (χ1n) is 9.76. The number of nitrogens with zero attached hydrogens (tertiary/aromatic N) is 1. The maximum Gasteiger partial charge on any atom is 0.257 e. The number of aryl methyl sites for hydroxylation is 1. The van der Waals surface area contributed by atoms with Crippen molar-refractivity contribution in [1.29, 1.82) is 0 Å². The van der Waals surface area contributed by atoms with Crippen molar-refractivity contribution in [2.75, 3.05) is 12.4 Å². The monoisotopic (exact) mass is 472 g/mol. The summed E-state index contributed by atoms with van der Waals surface area (Å²) in [7, 11) is -2.36. The van der Waals surface area contributed by atoms with E-state index in [9.17, 15) is 18.0 Å². The number of nitrogens with one attached hydrogen (secondary N) is 3. The van der Waals surface area contributed by atoms with Crippen molar-refractivity contribution >= 4 is 38.3 Å². The highest BCUT2D eigenvalue weighted by atomic mass is 32.2. The van der Waals surface area contributed by atoms with E-state index in [1.165, 1.54) is 31.4 Å². The van der Waals surface area contributed by atoms with Crippen LogP contribution >= 0.6 is 11.3 Å². The standard InChI is InChI=1S/C22H24N4O4S2/c1-13-9-18(10-20(14(13)2)32(29,30)23-4)21(28)26-22-25-19(12-31-22)17-7-5-16(6-8-17)11-24-15(3)27/h5-10,12,23H,11H2,1-4H3,(H,24,27)(H,25,26,28). The molecule has 0 aliphatic carbocycles. The third-order valence-corrected chi connectivity index (χ3v) is 7.25. The molecule has 8 nitrogen and oxygen atoms in total. The van der Waals surface area contributed by atoms with Gasteiger partial charge in [0.25, 0.3) is 5.91 Å². The van der Waals surface area contributed by atoms with Crippen LogP contribution in [0.5, 0.6) is 0 Å². The molecule has 2 aromatic carbocycles. The van der Waals surface area contributed by atoms with Crippen molar-refractivity contribution < 1.29 is 18.0 Å². The number of carbonyl (C=O) groups excluding carboxylic acids is 2. The molecular weight excluding hydrogens is 448 g/mol. The molecule has 2 amide bonds. The average Bonchev–Trinajstić information content (AvgIpc) is 3.22. The Kier molecular flexibility index (Phi) is 7.07. The number of aromatic nitrogens is 1. The molecule has 0 bridgehead atoms. The second-order valence-electron chi connectivity index (χ2n) is 7.22. The van der Waals surface area contributed by atoms with Gasteiger partial charge in [0.05, 0.1) is 10.6 Å². The summed E-state index contributed by atoms with van der Waals surface area (Å²) < 4.78 is 26.9. The van der Waals surface area contributed by atoms with E-state index < -0.39 is 15.9 Å². The summed E-state index contributed by atoms with van der Waals surface area (Å²) in [5, 5.41) is 7.72. The van der Waals surface area contributed by atoms with E-state index in [2.05, 4.69) is 20.3 Å². The van der Waals surface area contributed by atoms with Gasteiger partial charge in [-0.1, -0.05) is 24.3 Å². The normalized spacial score (nSPS) is 11.2. The van der Waals surface area contributed by atoms with E-state index in [1.807, 2.05) is 29.6 Å². The first-order valence-corrected chi connectivity index (χ1v) is 12.1. The molecule has 3 aromatic rings. The third-order valence-electron chi connectivity index (χ3n) is 4.96. The van der Waals surface area contributed by atoms with E-state index in [0.29, 0.717) is 28.5 Å². The van der Waals surface area contributed by atoms with Crippen molar-refractivity contribution in [3.63, 3.8) is 0 Å². The Balaban J connectivity index is 1.77. The Morgan fingerprint density at radius 1 is 1.09 bits per heavy atom. The van der Waals surface area contributed by atoms with Crippen LogP contribution in [0.25, 0.3) is 11.3 Å². The zero-order valence-electron chi connectivity index (χ0n) is 18.1. The largest absolute Gasteiger partial charge is 0.352 e. The number of carbonyl (C=O) groups is 2. The van der Waals surface area contributed by atoms with Crippen LogP contribution in [0.4, 0.5) is 5.13 Å². The van der Waals surface area contributed by atoms with Gasteiger partial charge in [-0.15, -0.1) is 11.3 Å². The van der Waals surface area contributed by atoms with Gasteiger partial charge < -0.3 is 5.32 Å². The van der Waals surface area contributed by atoms with Gasteiger partial charge in [-0.2, -0.15) is 0 Å². The second-order valence-corrected chi connectivity index (χ2v) is 9.94. The maximum absolute atomic E-state index is 12.8. The molecule has 0 saturated heterocycles. The van der Waals surface area contributed by atoms with Crippen molar-refractivity contribution in [1.82, 2.24) is 15.0 Å².